The molecule has 0 rings (SSSR count). The van der Waals surface area contributed by atoms with Crippen LogP contribution in [0.1, 0.15) is 0 Å². The third-order valence-corrected chi connectivity index (χ3v) is 0.949. The summed E-state index contributed by atoms with van der Waals surface area (Å²) in [6, 6.07) is -0.556. The SMILES string of the molecule is [C-]#[N+]NC(=O)N(Br)Br. The summed E-state index contributed by atoms with van der Waals surface area (Å²) < 4.78 is 0.915. The normalized spacial score (nSPS) is 7.12. The van der Waals surface area contributed by atoms with Crippen molar-refractivity contribution in [2.45, 2.75) is 0 Å². The van der Waals surface area contributed by atoms with Crippen molar-refractivity contribution in [1.82, 2.24) is 8.38 Å². The van der Waals surface area contributed by atoms with Crippen LogP contribution in [-0.2, 0) is 0 Å². The molecule has 6 heteroatoms. The van der Waals surface area contributed by atoms with Crippen LogP contribution < -0.4 is 5.43 Å². The Morgan fingerprint density at radius 3 is 2.38 bits per heavy atom. The quantitative estimate of drug-likeness (QED) is 0.390. The minimum Gasteiger partial charge on any atom is -0.240 e. The third-order valence-electron chi connectivity index (χ3n) is 0.305. The van der Waals surface area contributed by atoms with Gasteiger partial charge in [0.1, 0.15) is 0 Å². The highest BCUT2D eigenvalue weighted by molar-refractivity contribution is 9.21. The van der Waals surface area contributed by atoms with Crippen LogP contribution in [0.2, 0.25) is 0 Å². The lowest BCUT2D eigenvalue weighted by Crippen LogP contribution is -2.21. The van der Waals surface area contributed by atoms with Gasteiger partial charge in [0.25, 0.3) is 0 Å². The van der Waals surface area contributed by atoms with E-state index in [4.69, 9.17) is 6.57 Å². The van der Waals surface area contributed by atoms with Gasteiger partial charge in [-0.05, 0) is 5.43 Å². The molecule has 0 heterocycles. The van der Waals surface area contributed by atoms with Crippen LogP contribution in [0.4, 0.5) is 4.79 Å². The second-order valence-corrected chi connectivity index (χ2v) is 3.13. The highest BCUT2D eigenvalue weighted by Crippen LogP contribution is 2.03. The van der Waals surface area contributed by atoms with Gasteiger partial charge in [0.15, 0.2) is 0 Å². The maximum absolute atomic E-state index is 10.3. The lowest BCUT2D eigenvalue weighted by Gasteiger charge is -1.95. The van der Waals surface area contributed by atoms with Crippen LogP contribution in [-0.4, -0.2) is 8.98 Å². The summed E-state index contributed by atoms with van der Waals surface area (Å²) in [6.07, 6.45) is 0. The van der Waals surface area contributed by atoms with Gasteiger partial charge in [0.05, 0.1) is 32.3 Å². The zero-order valence-electron chi connectivity index (χ0n) is 3.56. The second-order valence-electron chi connectivity index (χ2n) is 0.762. The van der Waals surface area contributed by atoms with Gasteiger partial charge in [-0.3, -0.25) is 0 Å². The first-order valence-electron chi connectivity index (χ1n) is 1.46. The lowest BCUT2D eigenvalue weighted by molar-refractivity contribution is 0.243. The average Bonchev–Trinajstić information content (AvgIpc) is 1.67. The molecule has 0 fully saturated rings. The maximum Gasteiger partial charge on any atom is 0.402 e. The average molecular weight is 243 g/mol. The minimum atomic E-state index is -0.556. The van der Waals surface area contributed by atoms with Crippen molar-refractivity contribution in [3.05, 3.63) is 11.5 Å². The number of carbonyl (C=O) groups excluding carboxylic acids is 1. The van der Waals surface area contributed by atoms with Gasteiger partial charge < -0.3 is 0 Å². The van der Waals surface area contributed by atoms with Gasteiger partial charge in [-0.2, -0.15) is 14.5 Å². The Hall–Kier alpha value is -0.280. The summed E-state index contributed by atoms with van der Waals surface area (Å²) >= 11 is 5.47. The van der Waals surface area contributed by atoms with Crippen LogP contribution in [0.25, 0.3) is 4.95 Å². The Balaban J connectivity index is 3.53. The van der Waals surface area contributed by atoms with Crippen molar-refractivity contribution in [2.75, 3.05) is 0 Å². The number of nitrogens with one attached hydrogen (secondary N) is 1. The molecule has 0 radical (unpaired) electrons. The molecule has 2 amide bonds. The van der Waals surface area contributed by atoms with Gasteiger partial charge in [-0.25, -0.2) is 4.79 Å². The number of carbonyl (C=O) groups is 1. The molecule has 0 spiro atoms. The lowest BCUT2D eigenvalue weighted by atomic mass is 11.1. The van der Waals surface area contributed by atoms with E-state index in [1.54, 1.807) is 0 Å². The van der Waals surface area contributed by atoms with Crippen molar-refractivity contribution >= 4 is 38.3 Å². The van der Waals surface area contributed by atoms with Gasteiger partial charge >= 0.3 is 6.03 Å². The van der Waals surface area contributed by atoms with Gasteiger partial charge in [-0.15, -0.1) is 0 Å². The molecule has 1 N–H and O–H groups in total. The van der Waals surface area contributed by atoms with Crippen LogP contribution in [0.15, 0.2) is 0 Å². The Kier molecular flexibility index (Phi) is 3.56. The number of rotatable bonds is 0. The first-order valence-corrected chi connectivity index (χ1v) is 2.88. The predicted octanol–water partition coefficient (Wildman–Crippen LogP) is 1.45. The Bertz CT molecular complexity index is 128. The van der Waals surface area contributed by atoms with E-state index >= 15 is 0 Å². The topological polar surface area (TPSA) is 36.7 Å². The standard InChI is InChI=1S/C2HBr2N3O/c1-5-6-2(8)7(3)4/h(H,6,8). The summed E-state index contributed by atoms with van der Waals surface area (Å²) in [5, 5.41) is 0. The molecular weight excluding hydrogens is 242 g/mol. The summed E-state index contributed by atoms with van der Waals surface area (Å²) in [5.41, 5.74) is 1.83. The molecule has 0 saturated heterocycles. The fourth-order valence-corrected chi connectivity index (χ4v) is 0.244. The number of hydrogen-bond donors (Lipinski definition) is 1. The van der Waals surface area contributed by atoms with E-state index < -0.39 is 6.03 Å². The van der Waals surface area contributed by atoms with Crippen LogP contribution in [0, 0.1) is 6.57 Å². The molecule has 0 aliphatic carbocycles. The smallest absolute Gasteiger partial charge is 0.240 e. The van der Waals surface area contributed by atoms with Crippen molar-refractivity contribution in [3.63, 3.8) is 0 Å². The Morgan fingerprint density at radius 2 is 2.25 bits per heavy atom. The minimum absolute atomic E-state index is 0.556. The molecule has 0 unspecified atom stereocenters. The molecule has 0 bridgehead atoms. The maximum atomic E-state index is 10.3. The Labute approximate surface area is 63.3 Å². The number of hydrogen-bond acceptors (Lipinski definition) is 1. The highest BCUT2D eigenvalue weighted by atomic mass is 79.9. The Morgan fingerprint density at radius 1 is 1.75 bits per heavy atom. The monoisotopic (exact) mass is 241 g/mol. The summed E-state index contributed by atoms with van der Waals surface area (Å²) in [4.78, 5) is 12.9. The molecule has 0 aliphatic rings. The largest absolute Gasteiger partial charge is 0.402 e. The van der Waals surface area contributed by atoms with Gasteiger partial charge in [-0.1, -0.05) is 0 Å². The fraction of sp³-hybridized carbons (Fsp3) is 0. The zero-order chi connectivity index (χ0) is 6.57. The van der Waals surface area contributed by atoms with E-state index in [0.29, 0.717) is 0 Å². The predicted molar refractivity (Wildman–Crippen MR) is 34.8 cm³/mol. The summed E-state index contributed by atoms with van der Waals surface area (Å²) in [7, 11) is 0. The number of amides is 2. The van der Waals surface area contributed by atoms with Crippen molar-refractivity contribution in [2.24, 2.45) is 0 Å². The molecule has 0 aromatic heterocycles. The molecule has 0 aliphatic heterocycles. The summed E-state index contributed by atoms with van der Waals surface area (Å²) in [5.74, 6) is 0. The van der Waals surface area contributed by atoms with Crippen molar-refractivity contribution < 1.29 is 4.79 Å². The van der Waals surface area contributed by atoms with E-state index in [2.05, 4.69) is 37.2 Å². The van der Waals surface area contributed by atoms with E-state index in [-0.39, 0.29) is 0 Å². The van der Waals surface area contributed by atoms with Crippen LogP contribution in [0.3, 0.4) is 0 Å². The van der Waals surface area contributed by atoms with Crippen molar-refractivity contribution in [3.8, 4) is 0 Å². The van der Waals surface area contributed by atoms with Gasteiger partial charge in [0.2, 0.25) is 0 Å². The van der Waals surface area contributed by atoms with E-state index in [0.717, 1.165) is 2.95 Å². The third kappa shape index (κ3) is 2.82. The van der Waals surface area contributed by atoms with Crippen LogP contribution >= 0.6 is 32.3 Å². The molecule has 0 aromatic rings. The molecule has 0 atom stereocenters. The van der Waals surface area contributed by atoms with Crippen LogP contribution in [0.5, 0.6) is 0 Å². The highest BCUT2D eigenvalue weighted by Gasteiger charge is 2.06. The molecule has 0 saturated carbocycles. The van der Waals surface area contributed by atoms with Gasteiger partial charge in [0, 0.05) is 0 Å². The number of nitrogens with zero attached hydrogens (tertiary/aromatic N) is 2. The summed E-state index contributed by atoms with van der Waals surface area (Å²) in [6.45, 7) is 6.15. The number of halogens is 2. The molecule has 4 nitrogen and oxygen atoms in total. The van der Waals surface area contributed by atoms with E-state index in [1.807, 2.05) is 5.43 Å². The second kappa shape index (κ2) is 3.69. The molecule has 44 valence electrons. The first-order chi connectivity index (χ1) is 3.68. The van der Waals surface area contributed by atoms with E-state index in [1.165, 1.54) is 0 Å². The molecule has 0 aromatic carbocycles. The molecular formula is C2HBr2N3O. The first kappa shape index (κ1) is 7.72. The fourth-order valence-electron chi connectivity index (χ4n) is 0.0856. The van der Waals surface area contributed by atoms with Crippen molar-refractivity contribution in [1.29, 1.82) is 0 Å². The zero-order valence-corrected chi connectivity index (χ0v) is 6.73. The van der Waals surface area contributed by atoms with E-state index in [9.17, 15) is 4.79 Å². The number of urea groups is 1. The molecule has 8 heavy (non-hydrogen) atoms.